The minimum atomic E-state index is -0.359. The van der Waals surface area contributed by atoms with E-state index in [4.69, 9.17) is 0 Å². The van der Waals surface area contributed by atoms with Gasteiger partial charge >= 0.3 is 0 Å². The highest BCUT2D eigenvalue weighted by Crippen LogP contribution is 2.33. The fourth-order valence-electron chi connectivity index (χ4n) is 3.03. The molecule has 4 aromatic rings. The van der Waals surface area contributed by atoms with Gasteiger partial charge in [0.2, 0.25) is 0 Å². The van der Waals surface area contributed by atoms with Crippen molar-refractivity contribution in [1.29, 1.82) is 0 Å². The minimum Gasteiger partial charge on any atom is -0.507 e. The summed E-state index contributed by atoms with van der Waals surface area (Å²) in [5, 5.41) is 10.6. The predicted octanol–water partition coefficient (Wildman–Crippen LogP) is 5.16. The number of hydrogen-bond acceptors (Lipinski definition) is 2. The number of H-pyrrole nitrogens is 1. The maximum Gasteiger partial charge on any atom is 0.152 e. The van der Waals surface area contributed by atoms with Crippen molar-refractivity contribution < 1.29 is 14.3 Å². The van der Waals surface area contributed by atoms with Crippen molar-refractivity contribution in [2.45, 2.75) is 0 Å². The van der Waals surface area contributed by atoms with Gasteiger partial charge in [-0.15, -0.1) is 0 Å². The normalized spacial score (nSPS) is 10.9. The number of fused-ring (bicyclic) bond motifs is 1. The van der Waals surface area contributed by atoms with Gasteiger partial charge in [0, 0.05) is 33.8 Å². The molecule has 0 aliphatic carbocycles. The van der Waals surface area contributed by atoms with Gasteiger partial charge in [-0.3, -0.25) is 4.79 Å². The first kappa shape index (κ1) is 15.1. The van der Waals surface area contributed by atoms with Crippen LogP contribution in [0.4, 0.5) is 4.39 Å². The Labute approximate surface area is 143 Å². The second kappa shape index (κ2) is 5.91. The van der Waals surface area contributed by atoms with E-state index in [0.717, 1.165) is 17.4 Å². The maximum atomic E-state index is 14.5. The van der Waals surface area contributed by atoms with Crippen LogP contribution in [0.3, 0.4) is 0 Å². The van der Waals surface area contributed by atoms with Crippen molar-refractivity contribution in [3.63, 3.8) is 0 Å². The number of aromatic hydroxyl groups is 1. The summed E-state index contributed by atoms with van der Waals surface area (Å²) in [6.45, 7) is 0. The van der Waals surface area contributed by atoms with Crippen molar-refractivity contribution >= 4 is 17.2 Å². The molecule has 25 heavy (non-hydrogen) atoms. The van der Waals surface area contributed by atoms with Crippen LogP contribution >= 0.6 is 0 Å². The summed E-state index contributed by atoms with van der Waals surface area (Å²) in [5.41, 5.74) is 3.80. The zero-order chi connectivity index (χ0) is 17.4. The molecule has 2 N–H and O–H groups in total. The highest BCUT2D eigenvalue weighted by Gasteiger charge is 2.11. The van der Waals surface area contributed by atoms with Crippen molar-refractivity contribution in [2.75, 3.05) is 0 Å². The van der Waals surface area contributed by atoms with Crippen LogP contribution in [-0.4, -0.2) is 16.4 Å². The molecule has 0 aliphatic rings. The third-order valence-electron chi connectivity index (χ3n) is 4.34. The first-order chi connectivity index (χ1) is 12.2. The zero-order valence-electron chi connectivity index (χ0n) is 13.2. The molecule has 0 radical (unpaired) electrons. The number of aldehydes is 1. The van der Waals surface area contributed by atoms with Crippen LogP contribution in [0.2, 0.25) is 0 Å². The Morgan fingerprint density at radius 3 is 2.28 bits per heavy atom. The average molecular weight is 331 g/mol. The monoisotopic (exact) mass is 331 g/mol. The van der Waals surface area contributed by atoms with Gasteiger partial charge in [-0.25, -0.2) is 4.39 Å². The fourth-order valence-corrected chi connectivity index (χ4v) is 3.03. The number of carbonyl (C=O) groups is 1. The van der Waals surface area contributed by atoms with Gasteiger partial charge < -0.3 is 10.1 Å². The number of benzene rings is 3. The fraction of sp³-hybridized carbons (Fsp3) is 0. The molecule has 0 saturated carbocycles. The Hall–Kier alpha value is -3.40. The van der Waals surface area contributed by atoms with E-state index < -0.39 is 0 Å². The van der Waals surface area contributed by atoms with Crippen LogP contribution in [-0.2, 0) is 0 Å². The molecule has 0 saturated heterocycles. The van der Waals surface area contributed by atoms with Gasteiger partial charge in [0.05, 0.1) is 0 Å². The molecule has 1 heterocycles. The molecule has 3 aromatic carbocycles. The molecule has 0 fully saturated rings. The number of phenolic OH excluding ortho intramolecular Hbond substituents is 1. The Balaban J connectivity index is 1.80. The summed E-state index contributed by atoms with van der Waals surface area (Å²) in [6.07, 6.45) is 2.32. The van der Waals surface area contributed by atoms with Gasteiger partial charge in [0.25, 0.3) is 0 Å². The molecule has 0 spiro atoms. The summed E-state index contributed by atoms with van der Waals surface area (Å²) in [4.78, 5) is 14.0. The third-order valence-corrected chi connectivity index (χ3v) is 4.34. The van der Waals surface area contributed by atoms with E-state index in [0.29, 0.717) is 27.6 Å². The number of aromatic nitrogens is 1. The Kier molecular flexibility index (Phi) is 3.58. The summed E-state index contributed by atoms with van der Waals surface area (Å²) < 4.78 is 14.5. The molecule has 4 rings (SSSR count). The van der Waals surface area contributed by atoms with E-state index in [1.807, 2.05) is 24.3 Å². The molecule has 0 atom stereocenters. The lowest BCUT2D eigenvalue weighted by Gasteiger charge is -2.08. The number of nitrogens with one attached hydrogen (secondary N) is 1. The smallest absolute Gasteiger partial charge is 0.152 e. The minimum absolute atomic E-state index is 0.200. The van der Waals surface area contributed by atoms with E-state index in [1.165, 1.54) is 6.07 Å². The molecule has 0 amide bonds. The van der Waals surface area contributed by atoms with Crippen molar-refractivity contribution in [3.8, 4) is 28.0 Å². The number of para-hydroxylation sites is 1. The van der Waals surface area contributed by atoms with E-state index in [-0.39, 0.29) is 11.6 Å². The quantitative estimate of drug-likeness (QED) is 0.510. The summed E-state index contributed by atoms with van der Waals surface area (Å²) in [5.74, 6) is -0.159. The Bertz CT molecular complexity index is 1080. The average Bonchev–Trinajstić information content (AvgIpc) is 3.03. The topological polar surface area (TPSA) is 53.1 Å². The lowest BCUT2D eigenvalue weighted by Crippen LogP contribution is -1.87. The summed E-state index contributed by atoms with van der Waals surface area (Å²) >= 11 is 0. The summed E-state index contributed by atoms with van der Waals surface area (Å²) in [7, 11) is 0. The predicted molar refractivity (Wildman–Crippen MR) is 96.2 cm³/mol. The van der Waals surface area contributed by atoms with E-state index in [2.05, 4.69) is 4.98 Å². The highest BCUT2D eigenvalue weighted by molar-refractivity contribution is 5.99. The van der Waals surface area contributed by atoms with Crippen LogP contribution in [0.5, 0.6) is 5.75 Å². The van der Waals surface area contributed by atoms with Gasteiger partial charge in [-0.1, -0.05) is 42.5 Å². The first-order valence-corrected chi connectivity index (χ1v) is 7.82. The Morgan fingerprint density at radius 1 is 0.920 bits per heavy atom. The lowest BCUT2D eigenvalue weighted by molar-refractivity contribution is 0.112. The number of phenols is 1. The van der Waals surface area contributed by atoms with Gasteiger partial charge in [-0.05, 0) is 29.3 Å². The number of rotatable bonds is 3. The first-order valence-electron chi connectivity index (χ1n) is 7.82. The molecular formula is C21H14FNO2. The molecule has 0 unspecified atom stereocenters. The highest BCUT2D eigenvalue weighted by atomic mass is 19.1. The second-order valence-corrected chi connectivity index (χ2v) is 5.83. The van der Waals surface area contributed by atoms with E-state index in [9.17, 15) is 14.3 Å². The molecular weight excluding hydrogens is 317 g/mol. The molecule has 122 valence electrons. The largest absolute Gasteiger partial charge is 0.507 e. The molecule has 0 aliphatic heterocycles. The van der Waals surface area contributed by atoms with Crippen LogP contribution in [0.1, 0.15) is 10.4 Å². The second-order valence-electron chi connectivity index (χ2n) is 5.83. The zero-order valence-corrected chi connectivity index (χ0v) is 13.2. The van der Waals surface area contributed by atoms with Gasteiger partial charge in [0.1, 0.15) is 11.6 Å². The van der Waals surface area contributed by atoms with E-state index in [1.54, 1.807) is 36.5 Å². The molecule has 4 heteroatoms. The maximum absolute atomic E-state index is 14.5. The number of carbonyl (C=O) groups excluding carboxylic acids is 1. The summed E-state index contributed by atoms with van der Waals surface area (Å²) in [6, 6.07) is 17.4. The van der Waals surface area contributed by atoms with Crippen molar-refractivity contribution in [3.05, 3.63) is 78.2 Å². The lowest BCUT2D eigenvalue weighted by atomic mass is 9.98. The third kappa shape index (κ3) is 2.58. The molecule has 1 aromatic heterocycles. The van der Waals surface area contributed by atoms with Crippen LogP contribution in [0.15, 0.2) is 66.9 Å². The van der Waals surface area contributed by atoms with Gasteiger partial charge in [-0.2, -0.15) is 0 Å². The number of halogens is 1. The van der Waals surface area contributed by atoms with E-state index >= 15 is 0 Å². The standard InChI is InChI=1S/C21H14FNO2/c22-19-10-20-18(15(12-24)11-23-20)9-17(19)14-7-5-13(6-8-14)16-3-1-2-4-21(16)25/h1-12,23,25H. The number of aromatic amines is 1. The van der Waals surface area contributed by atoms with Gasteiger partial charge in [0.15, 0.2) is 6.29 Å². The van der Waals surface area contributed by atoms with Crippen molar-refractivity contribution in [2.24, 2.45) is 0 Å². The van der Waals surface area contributed by atoms with Crippen LogP contribution < -0.4 is 0 Å². The number of hydrogen-bond donors (Lipinski definition) is 2. The molecule has 3 nitrogen and oxygen atoms in total. The van der Waals surface area contributed by atoms with Crippen molar-refractivity contribution in [1.82, 2.24) is 4.98 Å². The van der Waals surface area contributed by atoms with Crippen LogP contribution in [0.25, 0.3) is 33.2 Å². The molecule has 0 bridgehead atoms. The SMILES string of the molecule is O=Cc1c[nH]c2cc(F)c(-c3ccc(-c4ccccc4O)cc3)cc12. The van der Waals surface area contributed by atoms with Crippen LogP contribution in [0, 0.1) is 5.82 Å². The Morgan fingerprint density at radius 2 is 1.60 bits per heavy atom.